The Labute approximate surface area is 120 Å². The predicted octanol–water partition coefficient (Wildman–Crippen LogP) is 2.92. The van der Waals surface area contributed by atoms with E-state index in [9.17, 15) is 9.90 Å². The Balaban J connectivity index is 1.93. The van der Waals surface area contributed by atoms with Crippen LogP contribution in [0, 0.1) is 5.92 Å². The van der Waals surface area contributed by atoms with E-state index >= 15 is 0 Å². The Bertz CT molecular complexity index is 473. The van der Waals surface area contributed by atoms with Gasteiger partial charge in [-0.2, -0.15) is 0 Å². The van der Waals surface area contributed by atoms with Crippen molar-refractivity contribution in [3.8, 4) is 0 Å². The van der Waals surface area contributed by atoms with E-state index in [0.29, 0.717) is 0 Å². The van der Waals surface area contributed by atoms with E-state index in [0.717, 1.165) is 37.1 Å². The molecule has 2 rings (SSSR count). The van der Waals surface area contributed by atoms with Crippen LogP contribution in [0.25, 0.3) is 0 Å². The number of carbonyl (C=O) groups excluding carboxylic acids is 1. The number of benzene rings is 1. The van der Waals surface area contributed by atoms with Gasteiger partial charge in [-0.15, -0.1) is 0 Å². The number of carbonyl (C=O) groups is 1. The van der Waals surface area contributed by atoms with Gasteiger partial charge in [-0.25, -0.2) is 0 Å². The van der Waals surface area contributed by atoms with Gasteiger partial charge >= 0.3 is 0 Å². The Morgan fingerprint density at radius 2 is 1.90 bits per heavy atom. The van der Waals surface area contributed by atoms with Crippen LogP contribution in [0.3, 0.4) is 0 Å². The highest BCUT2D eigenvalue weighted by atomic mass is 16.3. The highest BCUT2D eigenvalue weighted by molar-refractivity contribution is 5.92. The molecule has 0 spiro atoms. The minimum atomic E-state index is -0.420. The highest BCUT2D eigenvalue weighted by Gasteiger charge is 2.28. The van der Waals surface area contributed by atoms with Gasteiger partial charge in [-0.3, -0.25) is 4.79 Å². The Morgan fingerprint density at radius 3 is 2.45 bits per heavy atom. The van der Waals surface area contributed by atoms with E-state index in [4.69, 9.17) is 0 Å². The number of piperidine rings is 1. The molecule has 3 heteroatoms. The maximum atomic E-state index is 12.1. The summed E-state index contributed by atoms with van der Waals surface area (Å²) in [5.41, 5.74) is 1.77. The molecule has 0 saturated carbocycles. The molecule has 1 N–H and O–H groups in total. The van der Waals surface area contributed by atoms with Crippen LogP contribution in [0.15, 0.2) is 42.0 Å². The number of allylic oxidation sites excluding steroid dienone is 1. The van der Waals surface area contributed by atoms with E-state index in [1.54, 1.807) is 0 Å². The molecule has 1 saturated heterocycles. The van der Waals surface area contributed by atoms with E-state index < -0.39 is 6.10 Å². The van der Waals surface area contributed by atoms with E-state index in [1.165, 1.54) is 0 Å². The third kappa shape index (κ3) is 3.28. The lowest BCUT2D eigenvalue weighted by molar-refractivity contribution is -0.129. The van der Waals surface area contributed by atoms with Crippen LogP contribution in [0.1, 0.15) is 38.4 Å². The molecule has 1 aromatic rings. The molecule has 0 aliphatic carbocycles. The molecule has 1 unspecified atom stereocenters. The molecule has 108 valence electrons. The first-order valence-electron chi connectivity index (χ1n) is 7.28. The number of aliphatic hydroxyl groups is 1. The van der Waals surface area contributed by atoms with Crippen molar-refractivity contribution in [3.63, 3.8) is 0 Å². The Kier molecular flexibility index (Phi) is 4.96. The monoisotopic (exact) mass is 273 g/mol. The van der Waals surface area contributed by atoms with Gasteiger partial charge in [0.25, 0.3) is 0 Å². The number of hydrogen-bond acceptors (Lipinski definition) is 2. The fourth-order valence-corrected chi connectivity index (χ4v) is 2.71. The quantitative estimate of drug-likeness (QED) is 0.860. The molecular weight excluding hydrogens is 250 g/mol. The standard InChI is InChI=1S/C17H23NO2/c1-3-13(2)17(20)18-11-9-15(10-12-18)16(19)14-7-5-4-6-8-14/h3-8,15-16,19H,9-12H2,1-2H3. The number of rotatable bonds is 3. The van der Waals surface area contributed by atoms with Crippen LogP contribution < -0.4 is 0 Å². The molecule has 3 nitrogen and oxygen atoms in total. The van der Waals surface area contributed by atoms with Gasteiger partial charge in [-0.1, -0.05) is 36.4 Å². The summed E-state index contributed by atoms with van der Waals surface area (Å²) in [5.74, 6) is 0.368. The van der Waals surface area contributed by atoms with Gasteiger partial charge in [0, 0.05) is 18.7 Å². The van der Waals surface area contributed by atoms with Gasteiger partial charge in [-0.05, 0) is 38.2 Å². The number of amides is 1. The smallest absolute Gasteiger partial charge is 0.249 e. The van der Waals surface area contributed by atoms with Crippen molar-refractivity contribution in [1.82, 2.24) is 4.90 Å². The van der Waals surface area contributed by atoms with E-state index in [-0.39, 0.29) is 11.8 Å². The number of aliphatic hydroxyl groups excluding tert-OH is 1. The summed E-state index contributed by atoms with van der Waals surface area (Å²) < 4.78 is 0. The second-order valence-electron chi connectivity index (χ2n) is 5.46. The van der Waals surface area contributed by atoms with Crippen LogP contribution in [-0.4, -0.2) is 29.0 Å². The molecule has 1 fully saturated rings. The average Bonchev–Trinajstić information content (AvgIpc) is 2.53. The van der Waals surface area contributed by atoms with Gasteiger partial charge in [0.1, 0.15) is 0 Å². The summed E-state index contributed by atoms with van der Waals surface area (Å²) in [7, 11) is 0. The molecule has 0 bridgehead atoms. The summed E-state index contributed by atoms with van der Waals surface area (Å²) in [5, 5.41) is 10.4. The Morgan fingerprint density at radius 1 is 1.30 bits per heavy atom. The van der Waals surface area contributed by atoms with Crippen molar-refractivity contribution in [1.29, 1.82) is 0 Å². The lowest BCUT2D eigenvalue weighted by atomic mass is 9.87. The fraction of sp³-hybridized carbons (Fsp3) is 0.471. The minimum absolute atomic E-state index is 0.125. The first-order chi connectivity index (χ1) is 9.63. The normalized spacial score (nSPS) is 18.9. The van der Waals surface area contributed by atoms with Gasteiger partial charge in [0.2, 0.25) is 5.91 Å². The van der Waals surface area contributed by atoms with Gasteiger partial charge in [0.05, 0.1) is 6.10 Å². The SMILES string of the molecule is CC=C(C)C(=O)N1CCC(C(O)c2ccccc2)CC1. The van der Waals surface area contributed by atoms with Crippen LogP contribution in [-0.2, 0) is 4.79 Å². The van der Waals surface area contributed by atoms with Crippen LogP contribution in [0.2, 0.25) is 0 Å². The molecule has 0 radical (unpaired) electrons. The van der Waals surface area contributed by atoms with E-state index in [2.05, 4.69) is 0 Å². The summed E-state index contributed by atoms with van der Waals surface area (Å²) in [4.78, 5) is 14.0. The zero-order chi connectivity index (χ0) is 14.5. The van der Waals surface area contributed by atoms with Gasteiger partial charge in [0.15, 0.2) is 0 Å². The van der Waals surface area contributed by atoms with E-state index in [1.807, 2.05) is 55.2 Å². The van der Waals surface area contributed by atoms with Gasteiger partial charge < -0.3 is 10.0 Å². The molecule has 1 amide bonds. The second-order valence-corrected chi connectivity index (χ2v) is 5.46. The summed E-state index contributed by atoms with van der Waals surface area (Å²) in [6.07, 6.45) is 3.15. The minimum Gasteiger partial charge on any atom is -0.388 e. The average molecular weight is 273 g/mol. The summed E-state index contributed by atoms with van der Waals surface area (Å²) in [6, 6.07) is 9.79. The number of hydrogen-bond donors (Lipinski definition) is 1. The molecular formula is C17H23NO2. The Hall–Kier alpha value is -1.61. The molecule has 1 atom stereocenters. The van der Waals surface area contributed by atoms with Crippen molar-refractivity contribution >= 4 is 5.91 Å². The van der Waals surface area contributed by atoms with Crippen molar-refractivity contribution in [3.05, 3.63) is 47.5 Å². The van der Waals surface area contributed by atoms with Crippen molar-refractivity contribution in [2.24, 2.45) is 5.92 Å². The molecule has 0 aromatic heterocycles. The largest absolute Gasteiger partial charge is 0.388 e. The lowest BCUT2D eigenvalue weighted by Gasteiger charge is -2.34. The summed E-state index contributed by atoms with van der Waals surface area (Å²) >= 11 is 0. The third-order valence-corrected chi connectivity index (χ3v) is 4.18. The van der Waals surface area contributed by atoms with Crippen LogP contribution in [0.5, 0.6) is 0 Å². The molecule has 1 aromatic carbocycles. The lowest BCUT2D eigenvalue weighted by Crippen LogP contribution is -2.40. The number of likely N-dealkylation sites (tertiary alicyclic amines) is 1. The number of nitrogens with zero attached hydrogens (tertiary/aromatic N) is 1. The molecule has 20 heavy (non-hydrogen) atoms. The second kappa shape index (κ2) is 6.71. The zero-order valence-corrected chi connectivity index (χ0v) is 12.2. The highest BCUT2D eigenvalue weighted by Crippen LogP contribution is 2.30. The van der Waals surface area contributed by atoms with Crippen molar-refractivity contribution in [2.75, 3.05) is 13.1 Å². The third-order valence-electron chi connectivity index (χ3n) is 4.18. The topological polar surface area (TPSA) is 40.5 Å². The molecule has 1 aliphatic rings. The maximum absolute atomic E-state index is 12.1. The van der Waals surface area contributed by atoms with Crippen LogP contribution in [0.4, 0.5) is 0 Å². The van der Waals surface area contributed by atoms with Crippen molar-refractivity contribution < 1.29 is 9.90 Å². The summed E-state index contributed by atoms with van der Waals surface area (Å²) in [6.45, 7) is 5.21. The maximum Gasteiger partial charge on any atom is 0.249 e. The first kappa shape index (κ1) is 14.8. The molecule has 1 heterocycles. The first-order valence-corrected chi connectivity index (χ1v) is 7.28. The fourth-order valence-electron chi connectivity index (χ4n) is 2.71. The van der Waals surface area contributed by atoms with Crippen molar-refractivity contribution in [2.45, 2.75) is 32.8 Å². The molecule has 1 aliphatic heterocycles. The predicted molar refractivity (Wildman–Crippen MR) is 80.1 cm³/mol. The zero-order valence-electron chi connectivity index (χ0n) is 12.2. The van der Waals surface area contributed by atoms with Crippen LogP contribution >= 0.6 is 0 Å².